The highest BCUT2D eigenvalue weighted by atomic mass is 16.2. The van der Waals surface area contributed by atoms with E-state index in [-0.39, 0.29) is 11.7 Å². The lowest BCUT2D eigenvalue weighted by molar-refractivity contribution is -0.123. The molecule has 1 aromatic rings. The third-order valence-corrected chi connectivity index (χ3v) is 5.93. The van der Waals surface area contributed by atoms with Gasteiger partial charge in [0.15, 0.2) is 5.78 Å². The molecule has 1 aliphatic heterocycles. The molecule has 6 nitrogen and oxygen atoms in total. The van der Waals surface area contributed by atoms with Crippen molar-refractivity contribution in [2.24, 2.45) is 0 Å². The van der Waals surface area contributed by atoms with Crippen molar-refractivity contribution in [1.29, 1.82) is 5.26 Å². The van der Waals surface area contributed by atoms with Gasteiger partial charge in [-0.3, -0.25) is 14.5 Å². The fraction of sp³-hybridized carbons (Fsp3) is 0.591. The van der Waals surface area contributed by atoms with E-state index in [2.05, 4.69) is 21.2 Å². The number of hydrogen-bond donors (Lipinski definition) is 1. The molecule has 1 saturated carbocycles. The summed E-state index contributed by atoms with van der Waals surface area (Å²) in [5, 5.41) is 12.7. The van der Waals surface area contributed by atoms with Crippen LogP contribution in [0, 0.1) is 11.3 Å². The lowest BCUT2D eigenvalue weighted by atomic mass is 9.92. The van der Waals surface area contributed by atoms with Crippen molar-refractivity contribution in [1.82, 2.24) is 10.2 Å². The van der Waals surface area contributed by atoms with Crippen molar-refractivity contribution in [3.8, 4) is 6.07 Å². The highest BCUT2D eigenvalue weighted by Crippen LogP contribution is 2.26. The van der Waals surface area contributed by atoms with Crippen LogP contribution >= 0.6 is 0 Å². The van der Waals surface area contributed by atoms with Gasteiger partial charge in [-0.05, 0) is 44.0 Å². The highest BCUT2D eigenvalue weighted by Gasteiger charge is 2.33. The Morgan fingerprint density at radius 1 is 1.04 bits per heavy atom. The third-order valence-electron chi connectivity index (χ3n) is 5.93. The van der Waals surface area contributed by atoms with E-state index in [1.54, 1.807) is 6.92 Å². The Morgan fingerprint density at radius 2 is 1.64 bits per heavy atom. The Bertz CT molecular complexity index is 722. The van der Waals surface area contributed by atoms with Gasteiger partial charge in [0.2, 0.25) is 5.91 Å². The Balaban J connectivity index is 1.49. The van der Waals surface area contributed by atoms with Crippen LogP contribution in [0.4, 0.5) is 5.69 Å². The molecule has 150 valence electrons. The SMILES string of the molecule is CC(=O)c1ccc(N2CCN(CC(=O)NC3(C#N)CCCCCC3)CC2)cc1. The van der Waals surface area contributed by atoms with E-state index >= 15 is 0 Å². The molecule has 3 rings (SSSR count). The Labute approximate surface area is 167 Å². The van der Waals surface area contributed by atoms with Gasteiger partial charge in [0.25, 0.3) is 0 Å². The smallest absolute Gasteiger partial charge is 0.235 e. The molecule has 28 heavy (non-hydrogen) atoms. The third kappa shape index (κ3) is 5.11. The second kappa shape index (κ2) is 9.20. The maximum Gasteiger partial charge on any atom is 0.235 e. The second-order valence-electron chi connectivity index (χ2n) is 8.02. The summed E-state index contributed by atoms with van der Waals surface area (Å²) in [5.74, 6) is 0.0360. The number of benzene rings is 1. The lowest BCUT2D eigenvalue weighted by Crippen LogP contribution is -2.53. The zero-order valence-electron chi connectivity index (χ0n) is 16.7. The standard InChI is InChI=1S/C22H30N4O2/c1-18(27)19-6-8-20(9-7-19)26-14-12-25(13-15-26)16-21(28)24-22(17-23)10-4-2-3-5-11-22/h6-9H,2-5,10-16H2,1H3,(H,24,28). The Hall–Kier alpha value is -2.39. The molecule has 1 saturated heterocycles. The minimum absolute atomic E-state index is 0.0392. The van der Waals surface area contributed by atoms with Crippen LogP contribution in [0.3, 0.4) is 0 Å². The second-order valence-corrected chi connectivity index (χ2v) is 8.02. The van der Waals surface area contributed by atoms with Crippen molar-refractivity contribution in [2.45, 2.75) is 51.0 Å². The van der Waals surface area contributed by atoms with Crippen LogP contribution in [-0.2, 0) is 4.79 Å². The number of anilines is 1. The molecule has 2 aliphatic rings. The minimum Gasteiger partial charge on any atom is -0.369 e. The van der Waals surface area contributed by atoms with E-state index in [0.29, 0.717) is 6.54 Å². The van der Waals surface area contributed by atoms with Gasteiger partial charge < -0.3 is 10.2 Å². The van der Waals surface area contributed by atoms with E-state index in [4.69, 9.17) is 0 Å². The van der Waals surface area contributed by atoms with Crippen LogP contribution in [0.25, 0.3) is 0 Å². The molecule has 1 heterocycles. The first-order chi connectivity index (χ1) is 13.5. The number of hydrogen-bond acceptors (Lipinski definition) is 5. The maximum atomic E-state index is 12.6. The number of piperazine rings is 1. The molecule has 0 bridgehead atoms. The average Bonchev–Trinajstić information content (AvgIpc) is 2.94. The highest BCUT2D eigenvalue weighted by molar-refractivity contribution is 5.94. The number of Topliss-reactive ketones (excluding diaryl/α,β-unsaturated/α-hetero) is 1. The summed E-state index contributed by atoms with van der Waals surface area (Å²) in [5.41, 5.74) is 1.16. The molecule has 1 aromatic carbocycles. The van der Waals surface area contributed by atoms with Crippen molar-refractivity contribution in [3.63, 3.8) is 0 Å². The molecule has 6 heteroatoms. The fourth-order valence-electron chi connectivity index (χ4n) is 4.18. The van der Waals surface area contributed by atoms with Crippen LogP contribution in [0.15, 0.2) is 24.3 Å². The predicted octanol–water partition coefficient (Wildman–Crippen LogP) is 2.74. The summed E-state index contributed by atoms with van der Waals surface area (Å²) < 4.78 is 0. The monoisotopic (exact) mass is 382 g/mol. The summed E-state index contributed by atoms with van der Waals surface area (Å²) >= 11 is 0. The summed E-state index contributed by atoms with van der Waals surface area (Å²) in [7, 11) is 0. The van der Waals surface area contributed by atoms with Gasteiger partial charge in [0.05, 0.1) is 12.6 Å². The first-order valence-electron chi connectivity index (χ1n) is 10.3. The summed E-state index contributed by atoms with van der Waals surface area (Å²) in [4.78, 5) is 28.4. The molecule has 1 amide bonds. The number of nitrogens with zero attached hydrogens (tertiary/aromatic N) is 3. The van der Waals surface area contributed by atoms with Crippen LogP contribution in [0.1, 0.15) is 55.8 Å². The summed E-state index contributed by atoms with van der Waals surface area (Å²) in [6.45, 7) is 5.22. The molecule has 0 spiro atoms. The normalized spacial score (nSPS) is 20.1. The van der Waals surface area contributed by atoms with E-state index in [1.165, 1.54) is 0 Å². The van der Waals surface area contributed by atoms with Gasteiger partial charge in [-0.25, -0.2) is 0 Å². The van der Waals surface area contributed by atoms with Gasteiger partial charge in [0.1, 0.15) is 5.54 Å². The molecule has 0 aromatic heterocycles. The predicted molar refractivity (Wildman–Crippen MR) is 109 cm³/mol. The number of nitrogens with one attached hydrogen (secondary N) is 1. The van der Waals surface area contributed by atoms with Gasteiger partial charge in [-0.1, -0.05) is 25.7 Å². The molecule has 0 radical (unpaired) electrons. The van der Waals surface area contributed by atoms with Gasteiger partial charge in [-0.2, -0.15) is 5.26 Å². The molecule has 1 aliphatic carbocycles. The molecular formula is C22H30N4O2. The molecule has 1 N–H and O–H groups in total. The van der Waals surface area contributed by atoms with E-state index in [9.17, 15) is 14.9 Å². The summed E-state index contributed by atoms with van der Waals surface area (Å²) in [6, 6.07) is 10.1. The fourth-order valence-corrected chi connectivity index (χ4v) is 4.18. The van der Waals surface area contributed by atoms with E-state index < -0.39 is 5.54 Å². The average molecular weight is 383 g/mol. The van der Waals surface area contributed by atoms with Crippen molar-refractivity contribution >= 4 is 17.4 Å². The number of amides is 1. The topological polar surface area (TPSA) is 76.4 Å². The van der Waals surface area contributed by atoms with Gasteiger partial charge >= 0.3 is 0 Å². The first kappa shape index (κ1) is 20.3. The number of nitriles is 1. The van der Waals surface area contributed by atoms with Crippen molar-refractivity contribution in [2.75, 3.05) is 37.6 Å². The molecule has 2 fully saturated rings. The zero-order valence-corrected chi connectivity index (χ0v) is 16.7. The van der Waals surface area contributed by atoms with E-state index in [1.807, 2.05) is 24.3 Å². The molecule has 0 atom stereocenters. The Morgan fingerprint density at radius 3 is 2.18 bits per heavy atom. The maximum absolute atomic E-state index is 12.6. The largest absolute Gasteiger partial charge is 0.369 e. The lowest BCUT2D eigenvalue weighted by Gasteiger charge is -2.36. The van der Waals surface area contributed by atoms with Gasteiger partial charge in [0, 0.05) is 37.4 Å². The van der Waals surface area contributed by atoms with Crippen molar-refractivity contribution < 1.29 is 9.59 Å². The quantitative estimate of drug-likeness (QED) is 0.626. The number of carbonyl (C=O) groups excluding carboxylic acids is 2. The van der Waals surface area contributed by atoms with Crippen LogP contribution in [0.2, 0.25) is 0 Å². The van der Waals surface area contributed by atoms with Crippen LogP contribution < -0.4 is 10.2 Å². The zero-order chi connectivity index (χ0) is 20.0. The number of rotatable bonds is 5. The molecule has 0 unspecified atom stereocenters. The van der Waals surface area contributed by atoms with Gasteiger partial charge in [-0.15, -0.1) is 0 Å². The molecular weight excluding hydrogens is 352 g/mol. The first-order valence-corrected chi connectivity index (χ1v) is 10.3. The minimum atomic E-state index is -0.673. The summed E-state index contributed by atoms with van der Waals surface area (Å²) in [6.07, 6.45) is 5.84. The van der Waals surface area contributed by atoms with E-state index in [0.717, 1.165) is 76.0 Å². The Kier molecular flexibility index (Phi) is 6.69. The van der Waals surface area contributed by atoms with Crippen molar-refractivity contribution in [3.05, 3.63) is 29.8 Å². The number of carbonyl (C=O) groups is 2. The number of ketones is 1. The van der Waals surface area contributed by atoms with Crippen LogP contribution in [0.5, 0.6) is 0 Å². The van der Waals surface area contributed by atoms with Crippen LogP contribution in [-0.4, -0.2) is 54.9 Å².